The number of fused-ring (bicyclic) bond motifs is 1. The third kappa shape index (κ3) is 2.77. The number of benzene rings is 1. The quantitative estimate of drug-likeness (QED) is 0.891. The van der Waals surface area contributed by atoms with Crippen LogP contribution in [0.4, 0.5) is 0 Å². The Balaban J connectivity index is 1.88. The van der Waals surface area contributed by atoms with Crippen molar-refractivity contribution in [1.29, 1.82) is 0 Å². The molecule has 0 saturated heterocycles. The molecule has 1 aromatic heterocycles. The zero-order valence-corrected chi connectivity index (χ0v) is 12.8. The number of carbonyl (C=O) groups excluding carboxylic acids is 1. The van der Waals surface area contributed by atoms with E-state index in [9.17, 15) is 14.7 Å². The van der Waals surface area contributed by atoms with E-state index in [2.05, 4.69) is 10.5 Å². The van der Waals surface area contributed by atoms with E-state index in [1.54, 1.807) is 32.0 Å². The molecule has 3 rings (SSSR count). The fourth-order valence-corrected chi connectivity index (χ4v) is 2.68. The number of aryl methyl sites for hydroxylation is 2. The summed E-state index contributed by atoms with van der Waals surface area (Å²) < 4.78 is 10.4. The molecule has 7 nitrogen and oxygen atoms in total. The van der Waals surface area contributed by atoms with E-state index in [0.717, 1.165) is 17.7 Å². The van der Waals surface area contributed by atoms with Crippen molar-refractivity contribution < 1.29 is 24.0 Å². The molecular weight excluding hydrogens is 300 g/mol. The third-order valence-corrected chi connectivity index (χ3v) is 3.83. The molecular formula is C16H16N2O5. The summed E-state index contributed by atoms with van der Waals surface area (Å²) in [5, 5.41) is 15.7. The molecule has 1 unspecified atom stereocenters. The average molecular weight is 316 g/mol. The number of amides is 1. The first-order chi connectivity index (χ1) is 11.0. The molecule has 1 atom stereocenters. The predicted octanol–water partition coefficient (Wildman–Crippen LogP) is 1.78. The Morgan fingerprint density at radius 1 is 1.35 bits per heavy atom. The van der Waals surface area contributed by atoms with E-state index in [-0.39, 0.29) is 5.56 Å². The average Bonchev–Trinajstić information content (AvgIpc) is 3.10. The minimum Gasteiger partial charge on any atom is -0.493 e. The molecule has 0 saturated carbocycles. The lowest BCUT2D eigenvalue weighted by molar-refractivity contribution is -0.139. The number of nitrogens with one attached hydrogen (secondary N) is 1. The Morgan fingerprint density at radius 2 is 2.13 bits per heavy atom. The van der Waals surface area contributed by atoms with Crippen LogP contribution < -0.4 is 10.1 Å². The number of aliphatic carboxylic acids is 1. The second kappa shape index (κ2) is 5.75. The fraction of sp³-hybridized carbons (Fsp3) is 0.312. The molecule has 1 aliphatic heterocycles. The van der Waals surface area contributed by atoms with E-state index in [1.807, 2.05) is 0 Å². The number of nitrogens with zero attached hydrogens (tertiary/aromatic N) is 1. The van der Waals surface area contributed by atoms with E-state index >= 15 is 0 Å². The van der Waals surface area contributed by atoms with Crippen LogP contribution in [0.1, 0.15) is 39.0 Å². The fourth-order valence-electron chi connectivity index (χ4n) is 2.68. The summed E-state index contributed by atoms with van der Waals surface area (Å²) in [4.78, 5) is 24.0. The largest absolute Gasteiger partial charge is 0.493 e. The Hall–Kier alpha value is -2.83. The number of aromatic nitrogens is 1. The van der Waals surface area contributed by atoms with Crippen LogP contribution in [0.2, 0.25) is 0 Å². The van der Waals surface area contributed by atoms with Gasteiger partial charge in [0.05, 0.1) is 12.3 Å². The molecule has 1 amide bonds. The molecule has 0 aliphatic carbocycles. The molecule has 23 heavy (non-hydrogen) atoms. The summed E-state index contributed by atoms with van der Waals surface area (Å²) in [6.07, 6.45) is 0.729. The van der Waals surface area contributed by atoms with Crippen LogP contribution in [-0.2, 0) is 11.2 Å². The van der Waals surface area contributed by atoms with Crippen molar-refractivity contribution >= 4 is 11.9 Å². The zero-order chi connectivity index (χ0) is 16.6. The minimum absolute atomic E-state index is 0.265. The normalized spacial score (nSPS) is 14.0. The second-order valence-corrected chi connectivity index (χ2v) is 5.41. The van der Waals surface area contributed by atoms with Crippen LogP contribution in [0.3, 0.4) is 0 Å². The molecule has 120 valence electrons. The van der Waals surface area contributed by atoms with Gasteiger partial charge in [-0.25, -0.2) is 4.79 Å². The van der Waals surface area contributed by atoms with Gasteiger partial charge in [-0.1, -0.05) is 11.2 Å². The van der Waals surface area contributed by atoms with Gasteiger partial charge in [0.1, 0.15) is 17.1 Å². The number of carboxylic acids is 1. The van der Waals surface area contributed by atoms with Crippen molar-refractivity contribution in [3.8, 4) is 5.75 Å². The topological polar surface area (TPSA) is 102 Å². The number of ether oxygens (including phenoxy) is 1. The molecule has 0 radical (unpaired) electrons. The summed E-state index contributed by atoms with van der Waals surface area (Å²) in [6.45, 7) is 3.83. The molecule has 1 aromatic carbocycles. The van der Waals surface area contributed by atoms with Gasteiger partial charge in [-0.15, -0.1) is 0 Å². The number of hydrogen-bond acceptors (Lipinski definition) is 5. The highest BCUT2D eigenvalue weighted by atomic mass is 16.5. The second-order valence-electron chi connectivity index (χ2n) is 5.41. The lowest BCUT2D eigenvalue weighted by Crippen LogP contribution is -2.34. The monoisotopic (exact) mass is 316 g/mol. The van der Waals surface area contributed by atoms with Gasteiger partial charge in [0.15, 0.2) is 6.04 Å². The van der Waals surface area contributed by atoms with Crippen molar-refractivity contribution in [2.75, 3.05) is 6.61 Å². The molecule has 0 fully saturated rings. The summed E-state index contributed by atoms with van der Waals surface area (Å²) >= 11 is 0. The van der Waals surface area contributed by atoms with E-state index in [1.165, 1.54) is 0 Å². The highest BCUT2D eigenvalue weighted by molar-refractivity contribution is 5.98. The Bertz CT molecular complexity index is 761. The van der Waals surface area contributed by atoms with Crippen LogP contribution in [0.25, 0.3) is 0 Å². The van der Waals surface area contributed by atoms with Gasteiger partial charge in [-0.05, 0) is 37.1 Å². The summed E-state index contributed by atoms with van der Waals surface area (Å²) in [5.41, 5.74) is 2.13. The maximum Gasteiger partial charge on any atom is 0.330 e. The van der Waals surface area contributed by atoms with Crippen LogP contribution >= 0.6 is 0 Å². The summed E-state index contributed by atoms with van der Waals surface area (Å²) in [5.74, 6) is -0.546. The Kier molecular flexibility index (Phi) is 3.77. The van der Waals surface area contributed by atoms with E-state index < -0.39 is 17.9 Å². The van der Waals surface area contributed by atoms with Gasteiger partial charge < -0.3 is 19.7 Å². The smallest absolute Gasteiger partial charge is 0.330 e. The number of hydrogen-bond donors (Lipinski definition) is 2. The molecule has 1 aliphatic rings. The first-order valence-corrected chi connectivity index (χ1v) is 7.19. The van der Waals surface area contributed by atoms with Crippen molar-refractivity contribution in [2.24, 2.45) is 0 Å². The van der Waals surface area contributed by atoms with Crippen molar-refractivity contribution in [2.45, 2.75) is 26.3 Å². The number of carbonyl (C=O) groups is 2. The maximum atomic E-state index is 12.4. The van der Waals surface area contributed by atoms with Gasteiger partial charge in [0.25, 0.3) is 5.91 Å². The standard InChI is InChI=1S/C16H16N2O5/c1-8-13(9(2)23-18-8)15(19)17-14(16(20)21)11-3-4-12-10(7-11)5-6-22-12/h3-4,7,14H,5-6H2,1-2H3,(H,17,19)(H,20,21). The maximum absolute atomic E-state index is 12.4. The van der Waals surface area contributed by atoms with Crippen LogP contribution in [0.5, 0.6) is 5.75 Å². The highest BCUT2D eigenvalue weighted by Gasteiger charge is 2.27. The molecule has 2 aromatic rings. The minimum atomic E-state index is -1.15. The van der Waals surface area contributed by atoms with Crippen molar-refractivity contribution in [3.05, 3.63) is 46.3 Å². The van der Waals surface area contributed by atoms with Gasteiger partial charge in [0, 0.05) is 6.42 Å². The highest BCUT2D eigenvalue weighted by Crippen LogP contribution is 2.28. The van der Waals surface area contributed by atoms with E-state index in [0.29, 0.717) is 23.6 Å². The molecule has 2 heterocycles. The first-order valence-electron chi connectivity index (χ1n) is 7.19. The van der Waals surface area contributed by atoms with Crippen LogP contribution in [0, 0.1) is 13.8 Å². The molecule has 0 bridgehead atoms. The zero-order valence-electron chi connectivity index (χ0n) is 12.8. The lowest BCUT2D eigenvalue weighted by Gasteiger charge is -2.15. The summed E-state index contributed by atoms with van der Waals surface area (Å²) in [7, 11) is 0. The SMILES string of the molecule is Cc1noc(C)c1C(=O)NC(C(=O)O)c1ccc2c(c1)CCO2. The molecule has 2 N–H and O–H groups in total. The van der Waals surface area contributed by atoms with Gasteiger partial charge >= 0.3 is 5.97 Å². The van der Waals surface area contributed by atoms with Gasteiger partial charge in [-0.3, -0.25) is 4.79 Å². The Morgan fingerprint density at radius 3 is 2.78 bits per heavy atom. The van der Waals surface area contributed by atoms with E-state index in [4.69, 9.17) is 9.26 Å². The summed E-state index contributed by atoms with van der Waals surface area (Å²) in [6, 6.07) is 3.99. The van der Waals surface area contributed by atoms with Crippen LogP contribution in [0.15, 0.2) is 22.7 Å². The molecule has 7 heteroatoms. The number of rotatable bonds is 4. The third-order valence-electron chi connectivity index (χ3n) is 3.83. The van der Waals surface area contributed by atoms with Gasteiger partial charge in [-0.2, -0.15) is 0 Å². The Labute approximate surface area is 132 Å². The van der Waals surface area contributed by atoms with Crippen molar-refractivity contribution in [3.63, 3.8) is 0 Å². The molecule has 0 spiro atoms. The van der Waals surface area contributed by atoms with Gasteiger partial charge in [0.2, 0.25) is 0 Å². The number of carboxylic acid groups (broad SMARTS) is 1. The van der Waals surface area contributed by atoms with Crippen LogP contribution in [-0.4, -0.2) is 28.7 Å². The van der Waals surface area contributed by atoms with Crippen molar-refractivity contribution in [1.82, 2.24) is 10.5 Å². The predicted molar refractivity (Wildman–Crippen MR) is 79.5 cm³/mol. The lowest BCUT2D eigenvalue weighted by atomic mass is 10.0. The first kappa shape index (κ1) is 15.1.